The molecular weight excluding hydrogens is 402 g/mol. The van der Waals surface area contributed by atoms with E-state index in [0.717, 1.165) is 17.0 Å². The van der Waals surface area contributed by atoms with Gasteiger partial charge >= 0.3 is 0 Å². The zero-order valence-electron chi connectivity index (χ0n) is 16.8. The fourth-order valence-electron chi connectivity index (χ4n) is 3.49. The van der Waals surface area contributed by atoms with Crippen molar-refractivity contribution >= 4 is 28.8 Å². The topological polar surface area (TPSA) is 49.9 Å². The molecule has 0 aliphatic carbocycles. The van der Waals surface area contributed by atoms with Crippen molar-refractivity contribution in [2.45, 2.75) is 0 Å². The van der Waals surface area contributed by atoms with Crippen molar-refractivity contribution in [3.63, 3.8) is 0 Å². The number of hydrogen-bond donors (Lipinski definition) is 0. The Morgan fingerprint density at radius 3 is 2.13 bits per heavy atom. The maximum Gasteiger partial charge on any atom is 0.282 e. The van der Waals surface area contributed by atoms with Crippen LogP contribution in [-0.2, 0) is 9.59 Å². The van der Waals surface area contributed by atoms with E-state index in [1.54, 1.807) is 48.3 Å². The molecule has 2 amide bonds. The standard InChI is InChI=1S/C24H18F2N2O3/c1-27(16-6-4-3-5-7-16)22-21(15-8-11-18(31-2)12-9-15)23(29)28(24(22)30)17-10-13-19(25)20(26)14-17/h3-14H,1-2H3. The summed E-state index contributed by atoms with van der Waals surface area (Å²) in [5, 5.41) is 0. The summed E-state index contributed by atoms with van der Waals surface area (Å²) in [6, 6.07) is 18.7. The monoisotopic (exact) mass is 420 g/mol. The zero-order valence-corrected chi connectivity index (χ0v) is 16.8. The number of nitrogens with zero attached hydrogens (tertiary/aromatic N) is 2. The second kappa shape index (κ2) is 8.02. The molecule has 5 nitrogen and oxygen atoms in total. The van der Waals surface area contributed by atoms with Crippen LogP contribution in [0.3, 0.4) is 0 Å². The Labute approximate surface area is 177 Å². The van der Waals surface area contributed by atoms with Crippen LogP contribution in [0.2, 0.25) is 0 Å². The van der Waals surface area contributed by atoms with E-state index in [0.29, 0.717) is 17.0 Å². The van der Waals surface area contributed by atoms with Crippen LogP contribution in [0.5, 0.6) is 5.75 Å². The lowest BCUT2D eigenvalue weighted by molar-refractivity contribution is -0.120. The van der Waals surface area contributed by atoms with E-state index in [4.69, 9.17) is 4.74 Å². The largest absolute Gasteiger partial charge is 0.497 e. The third-order valence-corrected chi connectivity index (χ3v) is 5.08. The number of carbonyl (C=O) groups is 2. The third kappa shape index (κ3) is 3.54. The molecule has 0 atom stereocenters. The normalized spacial score (nSPS) is 13.7. The van der Waals surface area contributed by atoms with E-state index in [2.05, 4.69) is 0 Å². The highest BCUT2D eigenvalue weighted by atomic mass is 19.2. The minimum Gasteiger partial charge on any atom is -0.497 e. The maximum absolute atomic E-state index is 13.8. The molecule has 3 aromatic carbocycles. The molecule has 0 fully saturated rings. The van der Waals surface area contributed by atoms with E-state index in [1.807, 2.05) is 18.2 Å². The molecule has 0 saturated carbocycles. The van der Waals surface area contributed by atoms with Crippen molar-refractivity contribution in [3.05, 3.63) is 95.7 Å². The molecule has 156 valence electrons. The summed E-state index contributed by atoms with van der Waals surface area (Å²) < 4.78 is 32.4. The molecule has 0 spiro atoms. The fourth-order valence-corrected chi connectivity index (χ4v) is 3.49. The van der Waals surface area contributed by atoms with Crippen molar-refractivity contribution in [3.8, 4) is 5.75 Å². The number of ether oxygens (including phenoxy) is 1. The molecule has 0 saturated heterocycles. The van der Waals surface area contributed by atoms with Gasteiger partial charge in [0.25, 0.3) is 11.8 Å². The van der Waals surface area contributed by atoms with Gasteiger partial charge < -0.3 is 9.64 Å². The lowest BCUT2D eigenvalue weighted by Crippen LogP contribution is -2.34. The molecule has 4 rings (SSSR count). The van der Waals surface area contributed by atoms with Gasteiger partial charge in [0, 0.05) is 18.8 Å². The Morgan fingerprint density at radius 2 is 1.52 bits per heavy atom. The summed E-state index contributed by atoms with van der Waals surface area (Å²) in [5.41, 5.74) is 1.44. The van der Waals surface area contributed by atoms with Crippen molar-refractivity contribution in [2.75, 3.05) is 24.0 Å². The number of halogens is 2. The second-order valence-electron chi connectivity index (χ2n) is 6.89. The van der Waals surface area contributed by atoms with Gasteiger partial charge in [0.05, 0.1) is 18.4 Å². The zero-order chi connectivity index (χ0) is 22.1. The number of rotatable bonds is 5. The Kier molecular flexibility index (Phi) is 5.25. The Hall–Kier alpha value is -4.00. The number of imide groups is 1. The molecule has 31 heavy (non-hydrogen) atoms. The van der Waals surface area contributed by atoms with Crippen LogP contribution < -0.4 is 14.5 Å². The quantitative estimate of drug-likeness (QED) is 0.575. The van der Waals surface area contributed by atoms with Gasteiger partial charge in [0.15, 0.2) is 11.6 Å². The number of anilines is 2. The molecule has 1 heterocycles. The molecule has 1 aliphatic rings. The van der Waals surface area contributed by atoms with Gasteiger partial charge in [-0.1, -0.05) is 30.3 Å². The van der Waals surface area contributed by atoms with Gasteiger partial charge in [-0.2, -0.15) is 0 Å². The molecule has 0 N–H and O–H groups in total. The minimum absolute atomic E-state index is 0.0450. The first-order chi connectivity index (χ1) is 14.9. The summed E-state index contributed by atoms with van der Waals surface area (Å²) in [4.78, 5) is 29.3. The van der Waals surface area contributed by atoms with Gasteiger partial charge in [-0.3, -0.25) is 9.59 Å². The second-order valence-corrected chi connectivity index (χ2v) is 6.89. The molecule has 7 heteroatoms. The predicted molar refractivity (Wildman–Crippen MR) is 114 cm³/mol. The Morgan fingerprint density at radius 1 is 0.839 bits per heavy atom. The summed E-state index contributed by atoms with van der Waals surface area (Å²) in [6.45, 7) is 0. The lowest BCUT2D eigenvalue weighted by Gasteiger charge is -2.21. The molecule has 0 bridgehead atoms. The smallest absolute Gasteiger partial charge is 0.282 e. The van der Waals surface area contributed by atoms with Crippen LogP contribution in [0.15, 0.2) is 78.5 Å². The van der Waals surface area contributed by atoms with Crippen molar-refractivity contribution in [1.29, 1.82) is 0 Å². The van der Waals surface area contributed by atoms with Crippen molar-refractivity contribution < 1.29 is 23.1 Å². The molecule has 0 aromatic heterocycles. The highest BCUT2D eigenvalue weighted by Crippen LogP contribution is 2.36. The Balaban J connectivity index is 1.87. The van der Waals surface area contributed by atoms with Gasteiger partial charge in [0.2, 0.25) is 0 Å². The average molecular weight is 420 g/mol. The van der Waals surface area contributed by atoms with Crippen LogP contribution in [0.4, 0.5) is 20.2 Å². The number of likely N-dealkylation sites (N-methyl/N-ethyl adjacent to an activating group) is 1. The molecule has 1 aliphatic heterocycles. The summed E-state index contributed by atoms with van der Waals surface area (Å²) >= 11 is 0. The van der Waals surface area contributed by atoms with Gasteiger partial charge in [-0.15, -0.1) is 0 Å². The number of amides is 2. The highest BCUT2D eigenvalue weighted by Gasteiger charge is 2.42. The van der Waals surface area contributed by atoms with Crippen LogP contribution in [-0.4, -0.2) is 26.0 Å². The van der Waals surface area contributed by atoms with E-state index >= 15 is 0 Å². The van der Waals surface area contributed by atoms with E-state index in [9.17, 15) is 18.4 Å². The van der Waals surface area contributed by atoms with Crippen LogP contribution in [0.1, 0.15) is 5.56 Å². The summed E-state index contributed by atoms with van der Waals surface area (Å²) in [5.74, 6) is -2.87. The Bertz CT molecular complexity index is 1190. The van der Waals surface area contributed by atoms with Gasteiger partial charge in [0.1, 0.15) is 11.4 Å². The van der Waals surface area contributed by atoms with Gasteiger partial charge in [-0.25, -0.2) is 13.7 Å². The SMILES string of the molecule is COc1ccc(C2=C(N(C)c3ccccc3)C(=O)N(c3ccc(F)c(F)c3)C2=O)cc1. The molecule has 0 radical (unpaired) electrons. The minimum atomic E-state index is -1.14. The first kappa shape index (κ1) is 20.3. The van der Waals surface area contributed by atoms with E-state index < -0.39 is 23.4 Å². The number of carbonyl (C=O) groups excluding carboxylic acids is 2. The maximum atomic E-state index is 13.8. The van der Waals surface area contributed by atoms with Gasteiger partial charge in [-0.05, 0) is 42.0 Å². The highest BCUT2D eigenvalue weighted by molar-refractivity contribution is 6.46. The number of benzene rings is 3. The third-order valence-electron chi connectivity index (χ3n) is 5.08. The van der Waals surface area contributed by atoms with Crippen LogP contribution in [0.25, 0.3) is 5.57 Å². The van der Waals surface area contributed by atoms with Crippen molar-refractivity contribution in [1.82, 2.24) is 0 Å². The molecule has 3 aromatic rings. The summed E-state index contributed by atoms with van der Waals surface area (Å²) in [6.07, 6.45) is 0. The van der Waals surface area contributed by atoms with E-state index in [-0.39, 0.29) is 17.0 Å². The average Bonchev–Trinajstić information content (AvgIpc) is 3.05. The van der Waals surface area contributed by atoms with Crippen molar-refractivity contribution in [2.24, 2.45) is 0 Å². The first-order valence-corrected chi connectivity index (χ1v) is 9.43. The first-order valence-electron chi connectivity index (χ1n) is 9.43. The molecular formula is C24H18F2N2O3. The van der Waals surface area contributed by atoms with E-state index in [1.165, 1.54) is 13.2 Å². The number of hydrogen-bond acceptors (Lipinski definition) is 4. The number of methoxy groups -OCH3 is 1. The van der Waals surface area contributed by atoms with Crippen LogP contribution in [0, 0.1) is 11.6 Å². The van der Waals surface area contributed by atoms with Crippen LogP contribution >= 0.6 is 0 Å². The fraction of sp³-hybridized carbons (Fsp3) is 0.0833. The predicted octanol–water partition coefficient (Wildman–Crippen LogP) is 4.39. The number of para-hydroxylation sites is 1. The molecule has 0 unspecified atom stereocenters. The summed E-state index contributed by atoms with van der Waals surface area (Å²) in [7, 11) is 3.20. The lowest BCUT2D eigenvalue weighted by atomic mass is 10.0.